The van der Waals surface area contributed by atoms with E-state index in [4.69, 9.17) is 15.2 Å². The topological polar surface area (TPSA) is 73.6 Å². The highest BCUT2D eigenvalue weighted by atomic mass is 16.6. The lowest BCUT2D eigenvalue weighted by Gasteiger charge is -2.22. The first kappa shape index (κ1) is 14.7. The molecule has 0 aliphatic carbocycles. The number of amides is 1. The van der Waals surface area contributed by atoms with Crippen LogP contribution in [0.1, 0.15) is 38.3 Å². The number of benzene rings is 1. The molecule has 2 rings (SSSR count). The van der Waals surface area contributed by atoms with Crippen LogP contribution in [0.2, 0.25) is 0 Å². The maximum absolute atomic E-state index is 11.9. The predicted octanol–water partition coefficient (Wildman–Crippen LogP) is 1.76. The second-order valence-corrected chi connectivity index (χ2v) is 5.03. The van der Waals surface area contributed by atoms with Gasteiger partial charge in [0.15, 0.2) is 11.5 Å². The van der Waals surface area contributed by atoms with Gasteiger partial charge in [-0.2, -0.15) is 0 Å². The van der Waals surface area contributed by atoms with Crippen LogP contribution in [0.4, 0.5) is 0 Å². The van der Waals surface area contributed by atoms with Gasteiger partial charge in [0.25, 0.3) is 0 Å². The molecule has 5 heteroatoms. The summed E-state index contributed by atoms with van der Waals surface area (Å²) in [4.78, 5) is 11.9. The summed E-state index contributed by atoms with van der Waals surface area (Å²) in [6, 6.07) is 5.16. The monoisotopic (exact) mass is 278 g/mol. The zero-order chi connectivity index (χ0) is 14.5. The minimum absolute atomic E-state index is 0.110. The molecule has 3 N–H and O–H groups in total. The molecular formula is C15H22N2O3. The first-order valence-corrected chi connectivity index (χ1v) is 7.07. The molecule has 5 nitrogen and oxygen atoms in total. The summed E-state index contributed by atoms with van der Waals surface area (Å²) in [6.45, 7) is 5.07. The van der Waals surface area contributed by atoms with Crippen molar-refractivity contribution in [2.75, 3.05) is 13.2 Å². The van der Waals surface area contributed by atoms with E-state index >= 15 is 0 Å². The molecule has 20 heavy (non-hydrogen) atoms. The minimum atomic E-state index is -0.445. The molecule has 2 atom stereocenters. The van der Waals surface area contributed by atoms with Gasteiger partial charge in [-0.3, -0.25) is 4.79 Å². The fraction of sp³-hybridized carbons (Fsp3) is 0.533. The lowest BCUT2D eigenvalue weighted by atomic mass is 10.1. The number of nitrogens with one attached hydrogen (secondary N) is 1. The molecule has 0 fully saturated rings. The molecule has 0 aromatic heterocycles. The fourth-order valence-corrected chi connectivity index (χ4v) is 2.18. The summed E-state index contributed by atoms with van der Waals surface area (Å²) in [7, 11) is 0. The Hall–Kier alpha value is -1.75. The van der Waals surface area contributed by atoms with Crippen LogP contribution >= 0.6 is 0 Å². The molecule has 0 radical (unpaired) electrons. The molecule has 0 saturated heterocycles. The van der Waals surface area contributed by atoms with Crippen LogP contribution in [0.25, 0.3) is 0 Å². The van der Waals surface area contributed by atoms with E-state index in [1.807, 2.05) is 32.0 Å². The molecule has 1 heterocycles. The van der Waals surface area contributed by atoms with Gasteiger partial charge in [-0.15, -0.1) is 0 Å². The summed E-state index contributed by atoms with van der Waals surface area (Å²) in [6.07, 6.45) is 1.59. The van der Waals surface area contributed by atoms with Crippen LogP contribution in [0.3, 0.4) is 0 Å². The van der Waals surface area contributed by atoms with E-state index in [2.05, 4.69) is 5.32 Å². The van der Waals surface area contributed by atoms with Crippen LogP contribution in [-0.2, 0) is 4.79 Å². The van der Waals surface area contributed by atoms with Crippen molar-refractivity contribution >= 4 is 5.91 Å². The van der Waals surface area contributed by atoms with Crippen molar-refractivity contribution in [1.29, 1.82) is 0 Å². The third kappa shape index (κ3) is 3.42. The highest BCUT2D eigenvalue weighted by molar-refractivity contribution is 5.81. The summed E-state index contributed by atoms with van der Waals surface area (Å²) < 4.78 is 11.0. The van der Waals surface area contributed by atoms with Crippen molar-refractivity contribution in [1.82, 2.24) is 5.32 Å². The Balaban J connectivity index is 2.02. The van der Waals surface area contributed by atoms with Crippen molar-refractivity contribution < 1.29 is 14.3 Å². The van der Waals surface area contributed by atoms with Crippen LogP contribution < -0.4 is 20.5 Å². The Kier molecular flexibility index (Phi) is 4.84. The molecule has 1 aliphatic rings. The molecule has 1 aromatic carbocycles. The number of rotatable bonds is 5. The van der Waals surface area contributed by atoms with E-state index < -0.39 is 6.04 Å². The van der Waals surface area contributed by atoms with E-state index in [0.29, 0.717) is 19.6 Å². The maximum atomic E-state index is 11.9. The van der Waals surface area contributed by atoms with Gasteiger partial charge in [-0.1, -0.05) is 19.4 Å². The molecule has 0 bridgehead atoms. The fourth-order valence-electron chi connectivity index (χ4n) is 2.18. The maximum Gasteiger partial charge on any atom is 0.237 e. The van der Waals surface area contributed by atoms with Crippen molar-refractivity contribution in [3.8, 4) is 11.5 Å². The first-order valence-electron chi connectivity index (χ1n) is 7.07. The van der Waals surface area contributed by atoms with Crippen molar-refractivity contribution in [2.45, 2.75) is 38.8 Å². The van der Waals surface area contributed by atoms with E-state index in [-0.39, 0.29) is 11.9 Å². The van der Waals surface area contributed by atoms with Crippen molar-refractivity contribution in [3.63, 3.8) is 0 Å². The van der Waals surface area contributed by atoms with Gasteiger partial charge in [0.1, 0.15) is 13.2 Å². The summed E-state index contributed by atoms with van der Waals surface area (Å²) in [5.41, 5.74) is 6.79. The molecule has 2 unspecified atom stereocenters. The molecule has 1 aliphatic heterocycles. The van der Waals surface area contributed by atoms with E-state index in [0.717, 1.165) is 23.5 Å². The summed E-state index contributed by atoms with van der Waals surface area (Å²) >= 11 is 0. The average molecular weight is 278 g/mol. The van der Waals surface area contributed by atoms with Crippen molar-refractivity contribution in [2.24, 2.45) is 5.73 Å². The third-order valence-electron chi connectivity index (χ3n) is 3.36. The van der Waals surface area contributed by atoms with E-state index in [1.165, 1.54) is 0 Å². The normalized spacial score (nSPS) is 16.4. The van der Waals surface area contributed by atoms with E-state index in [1.54, 1.807) is 0 Å². The first-order chi connectivity index (χ1) is 9.61. The van der Waals surface area contributed by atoms with Gasteiger partial charge >= 0.3 is 0 Å². The van der Waals surface area contributed by atoms with Crippen molar-refractivity contribution in [3.05, 3.63) is 23.8 Å². The average Bonchev–Trinajstić information content (AvgIpc) is 2.46. The predicted molar refractivity (Wildman–Crippen MR) is 76.9 cm³/mol. The lowest BCUT2D eigenvalue weighted by Crippen LogP contribution is -2.41. The second kappa shape index (κ2) is 6.61. The lowest BCUT2D eigenvalue weighted by molar-refractivity contribution is -0.123. The molecule has 1 amide bonds. The van der Waals surface area contributed by atoms with Crippen LogP contribution in [0.5, 0.6) is 11.5 Å². The SMILES string of the molecule is CCCC(N)C(=O)NC(C)c1ccc2c(c1)OCCO2. The van der Waals surface area contributed by atoms with Gasteiger partial charge in [0.2, 0.25) is 5.91 Å². The van der Waals surface area contributed by atoms with Crippen LogP contribution in [0, 0.1) is 0 Å². The van der Waals surface area contributed by atoms with E-state index in [9.17, 15) is 4.79 Å². The number of ether oxygens (including phenoxy) is 2. The van der Waals surface area contributed by atoms with Gasteiger partial charge in [0.05, 0.1) is 12.1 Å². The van der Waals surface area contributed by atoms with Gasteiger partial charge in [-0.25, -0.2) is 0 Å². The Labute approximate surface area is 119 Å². The van der Waals surface area contributed by atoms with Crippen LogP contribution in [-0.4, -0.2) is 25.2 Å². The Morgan fingerprint density at radius 3 is 2.75 bits per heavy atom. The number of hydrogen-bond donors (Lipinski definition) is 2. The number of carbonyl (C=O) groups excluding carboxylic acids is 1. The summed E-state index contributed by atoms with van der Waals surface area (Å²) in [5.74, 6) is 1.36. The van der Waals surface area contributed by atoms with Gasteiger partial charge in [0, 0.05) is 0 Å². The second-order valence-electron chi connectivity index (χ2n) is 5.03. The third-order valence-corrected chi connectivity index (χ3v) is 3.36. The Morgan fingerprint density at radius 2 is 2.05 bits per heavy atom. The largest absolute Gasteiger partial charge is 0.486 e. The number of fused-ring (bicyclic) bond motifs is 1. The standard InChI is InChI=1S/C15H22N2O3/c1-3-4-12(16)15(18)17-10(2)11-5-6-13-14(9-11)20-8-7-19-13/h5-6,9-10,12H,3-4,7-8,16H2,1-2H3,(H,17,18). The quantitative estimate of drug-likeness (QED) is 0.860. The zero-order valence-corrected chi connectivity index (χ0v) is 12.0. The number of hydrogen-bond acceptors (Lipinski definition) is 4. The van der Waals surface area contributed by atoms with Gasteiger partial charge < -0.3 is 20.5 Å². The Bertz CT molecular complexity index is 476. The molecule has 0 spiro atoms. The Morgan fingerprint density at radius 1 is 1.35 bits per heavy atom. The van der Waals surface area contributed by atoms with Crippen LogP contribution in [0.15, 0.2) is 18.2 Å². The van der Waals surface area contributed by atoms with Gasteiger partial charge in [-0.05, 0) is 31.0 Å². The molecule has 0 saturated carbocycles. The number of nitrogens with two attached hydrogens (primary N) is 1. The molecule has 110 valence electrons. The highest BCUT2D eigenvalue weighted by Crippen LogP contribution is 2.32. The molecule has 1 aromatic rings. The minimum Gasteiger partial charge on any atom is -0.486 e. The zero-order valence-electron chi connectivity index (χ0n) is 12.0. The molecular weight excluding hydrogens is 256 g/mol. The summed E-state index contributed by atoms with van der Waals surface area (Å²) in [5, 5.41) is 2.93. The highest BCUT2D eigenvalue weighted by Gasteiger charge is 2.18. The number of carbonyl (C=O) groups is 1. The smallest absolute Gasteiger partial charge is 0.237 e.